The molecular formula is C94H76BBrF4N2O2P4Pd. The van der Waals surface area contributed by atoms with Gasteiger partial charge in [0.1, 0.15) is 27.9 Å². The van der Waals surface area contributed by atoms with E-state index < -0.39 is 62.1 Å². The van der Waals surface area contributed by atoms with Gasteiger partial charge in [-0.1, -0.05) is 382 Å². The largest absolute Gasteiger partial charge is 0.491 e. The maximum Gasteiger partial charge on any atom is 0.491 e. The summed E-state index contributed by atoms with van der Waals surface area (Å²) in [4.78, 5) is 7.87. The molecule has 2 aromatic heterocycles. The van der Waals surface area contributed by atoms with Gasteiger partial charge in [-0.15, -0.1) is 0 Å². The van der Waals surface area contributed by atoms with E-state index in [0.29, 0.717) is 17.3 Å². The van der Waals surface area contributed by atoms with Crippen LogP contribution in [0.2, 0.25) is 0 Å². The van der Waals surface area contributed by atoms with E-state index in [0.717, 1.165) is 22.8 Å². The molecule has 16 rings (SSSR count). The number of benzene rings is 14. The third-order valence-electron chi connectivity index (χ3n) is 15.9. The number of aromatic nitrogens is 2. The molecular weight excluding hydrogens is 1590 g/mol. The third-order valence-corrected chi connectivity index (χ3v) is 26.2. The average Bonchev–Trinajstić information content (AvgIpc) is 0.844. The van der Waals surface area contributed by atoms with E-state index in [1.807, 2.05) is 18.2 Å². The van der Waals surface area contributed by atoms with Crippen LogP contribution in [-0.2, 0) is 20.4 Å². The van der Waals surface area contributed by atoms with Gasteiger partial charge < -0.3 is 10.0 Å². The predicted octanol–water partition coefficient (Wildman–Crippen LogP) is 18.3. The number of pyridine rings is 2. The molecule has 0 atom stereocenters. The topological polar surface area (TPSA) is 66.2 Å². The van der Waals surface area contributed by atoms with Crippen molar-refractivity contribution in [1.29, 1.82) is 0 Å². The van der Waals surface area contributed by atoms with E-state index in [1.54, 1.807) is 30.6 Å². The fourth-order valence-electron chi connectivity index (χ4n) is 11.0. The molecule has 109 heavy (non-hydrogen) atoms. The van der Waals surface area contributed by atoms with Crippen molar-refractivity contribution in [3.8, 4) is 11.3 Å². The summed E-state index contributed by atoms with van der Waals surface area (Å²) in [6, 6.07) is 146. The molecule has 0 radical (unpaired) electrons. The Labute approximate surface area is 665 Å². The Hall–Kier alpha value is -10.1. The first-order valence-electron chi connectivity index (χ1n) is 34.6. The van der Waals surface area contributed by atoms with Gasteiger partial charge in [-0.3, -0.25) is 4.98 Å². The molecule has 0 amide bonds. The maximum absolute atomic E-state index is 13.3. The molecule has 542 valence electrons. The summed E-state index contributed by atoms with van der Waals surface area (Å²) in [7, 11) is -3.68. The van der Waals surface area contributed by atoms with Gasteiger partial charge >= 0.3 is 7.12 Å². The quantitative estimate of drug-likeness (QED) is 0.0493. The summed E-state index contributed by atoms with van der Waals surface area (Å²) in [6.07, 6.45) is 3.31. The van der Waals surface area contributed by atoms with E-state index >= 15 is 0 Å². The van der Waals surface area contributed by atoms with Gasteiger partial charge in [0.25, 0.3) is 0 Å². The molecule has 0 saturated carbocycles. The number of halogens is 5. The molecule has 0 spiro atoms. The maximum atomic E-state index is 13.3. The molecule has 0 unspecified atom stereocenters. The molecule has 14 aromatic carbocycles. The SMILES string of the molecule is Brc1ccccn1.Fc1ccc(-c2ccccn2)c(F)c1.OB(O)c1ccc(F)cc1F.[Pd].c1ccc(P(c2ccccc2)c2ccccc2)cc1.c1ccc(P(c2ccccc2)c2ccccc2)cc1.c1ccc(P(c2ccccc2)c2ccccc2)cc1.c1ccc(P(c2ccccc2)c2ccccc2)cc1. The van der Waals surface area contributed by atoms with Crippen LogP contribution >= 0.6 is 47.6 Å². The zero-order chi connectivity index (χ0) is 75.2. The van der Waals surface area contributed by atoms with Gasteiger partial charge in [0.15, 0.2) is 0 Å². The van der Waals surface area contributed by atoms with Gasteiger partial charge in [-0.2, -0.15) is 0 Å². The Morgan fingerprint density at radius 2 is 0.450 bits per heavy atom. The second-order valence-corrected chi connectivity index (χ2v) is 33.1. The fraction of sp³-hybridized carbons (Fsp3) is 0. The minimum Gasteiger partial charge on any atom is -0.423 e. The van der Waals surface area contributed by atoms with Crippen molar-refractivity contribution < 1.29 is 48.0 Å². The molecule has 2 N–H and O–H groups in total. The molecule has 0 fully saturated rings. The van der Waals surface area contributed by atoms with Crippen LogP contribution in [-0.4, -0.2) is 27.1 Å². The van der Waals surface area contributed by atoms with Crippen LogP contribution in [0, 0.1) is 23.3 Å². The second kappa shape index (κ2) is 46.3. The minimum absolute atomic E-state index is 0. The average molecular weight is 1660 g/mol. The first-order valence-corrected chi connectivity index (χ1v) is 40.8. The van der Waals surface area contributed by atoms with E-state index in [4.69, 9.17) is 10.0 Å². The molecule has 0 bridgehead atoms. The Morgan fingerprint density at radius 3 is 0.624 bits per heavy atom. The Morgan fingerprint density at radius 1 is 0.239 bits per heavy atom. The zero-order valence-electron chi connectivity index (χ0n) is 59.1. The molecule has 4 nitrogen and oxygen atoms in total. The van der Waals surface area contributed by atoms with Crippen LogP contribution in [0.15, 0.2) is 454 Å². The summed E-state index contributed by atoms with van der Waals surface area (Å²) in [6.45, 7) is 0. The first-order chi connectivity index (χ1) is 53.1. The van der Waals surface area contributed by atoms with E-state index in [1.165, 1.54) is 75.8 Å². The minimum atomic E-state index is -1.89. The van der Waals surface area contributed by atoms with Gasteiger partial charge in [0.2, 0.25) is 0 Å². The van der Waals surface area contributed by atoms with Crippen LogP contribution in [0.4, 0.5) is 17.6 Å². The van der Waals surface area contributed by atoms with Crippen LogP contribution < -0.4 is 69.1 Å². The van der Waals surface area contributed by atoms with Gasteiger partial charge in [-0.25, -0.2) is 22.5 Å². The van der Waals surface area contributed by atoms with E-state index in [2.05, 4.69) is 390 Å². The standard InChI is InChI=1S/4C18H15P.C11H7F2N.C6H5BF2O2.C5H4BrN.Pd/c4*1-4-10-16(11-5-1)19(17-12-6-2-7-13-17)18-14-8-3-9-15-18;12-8-4-5-9(10(13)7-8)11-3-1-2-6-14-11;8-4-1-2-5(7(10)11)6(9)3-4;6-5-3-1-2-4-7-5;/h4*1-15H;1-7H;1-3,10-11H;1-4H;. The van der Waals surface area contributed by atoms with E-state index in [-0.39, 0.29) is 25.9 Å². The Balaban J connectivity index is 0.000000149. The van der Waals surface area contributed by atoms with Gasteiger partial charge in [0, 0.05) is 56.0 Å². The fourth-order valence-corrected chi connectivity index (χ4v) is 20.5. The van der Waals surface area contributed by atoms with Crippen LogP contribution in [0.3, 0.4) is 0 Å². The number of rotatable bonds is 14. The van der Waals surface area contributed by atoms with Crippen molar-refractivity contribution >= 4 is 124 Å². The molecule has 2 heterocycles. The van der Waals surface area contributed by atoms with Crippen molar-refractivity contribution in [2.75, 3.05) is 0 Å². The zero-order valence-corrected chi connectivity index (χ0v) is 65.8. The Kier molecular flexibility index (Phi) is 35.3. The summed E-state index contributed by atoms with van der Waals surface area (Å²) in [5, 5.41) is 33.8. The first kappa shape index (κ1) is 83.0. The monoisotopic (exact) mass is 1660 g/mol. The van der Waals surface area contributed by atoms with Crippen molar-refractivity contribution in [1.82, 2.24) is 9.97 Å². The molecule has 15 heteroatoms. The normalized spacial score (nSPS) is 10.2. The summed E-state index contributed by atoms with van der Waals surface area (Å²) in [5.74, 6) is -2.88. The smallest absolute Gasteiger partial charge is 0.423 e. The molecule has 0 aliphatic carbocycles. The van der Waals surface area contributed by atoms with E-state index in [9.17, 15) is 17.6 Å². The van der Waals surface area contributed by atoms with Crippen LogP contribution in [0.1, 0.15) is 0 Å². The number of hydrogen-bond acceptors (Lipinski definition) is 4. The molecule has 0 saturated heterocycles. The summed E-state index contributed by atoms with van der Waals surface area (Å²) in [5.41, 5.74) is 0.489. The third kappa shape index (κ3) is 26.6. The Bertz CT molecular complexity index is 4280. The van der Waals surface area contributed by atoms with Crippen molar-refractivity contribution in [3.05, 3.63) is 477 Å². The van der Waals surface area contributed by atoms with Crippen molar-refractivity contribution in [2.45, 2.75) is 0 Å². The molecule has 0 aliphatic rings. The van der Waals surface area contributed by atoms with Crippen LogP contribution in [0.25, 0.3) is 11.3 Å². The number of hydrogen-bond donors (Lipinski definition) is 2. The van der Waals surface area contributed by atoms with Gasteiger partial charge in [0.05, 0.1) is 5.69 Å². The van der Waals surface area contributed by atoms with Crippen molar-refractivity contribution in [2.24, 2.45) is 0 Å². The summed E-state index contributed by atoms with van der Waals surface area (Å²) < 4.78 is 51.5. The molecule has 16 aromatic rings. The van der Waals surface area contributed by atoms with Gasteiger partial charge in [-0.05, 0) is 154 Å². The predicted molar refractivity (Wildman–Crippen MR) is 458 cm³/mol. The van der Waals surface area contributed by atoms with Crippen LogP contribution in [0.5, 0.6) is 0 Å². The van der Waals surface area contributed by atoms with Crippen molar-refractivity contribution in [3.63, 3.8) is 0 Å². The number of nitrogens with zero attached hydrogens (tertiary/aromatic N) is 2. The molecule has 0 aliphatic heterocycles. The summed E-state index contributed by atoms with van der Waals surface area (Å²) >= 11 is 3.20. The second-order valence-electron chi connectivity index (χ2n) is 23.4.